The second-order valence-electron chi connectivity index (χ2n) is 4.54. The molecule has 104 valence electrons. The SMILES string of the molecule is Cc1cc(NC(=O)c2ccc(I)c(Cl)c2)c(C)cc1O. The lowest BCUT2D eigenvalue weighted by Crippen LogP contribution is -2.13. The average molecular weight is 402 g/mol. The molecule has 2 aromatic rings. The number of amides is 1. The van der Waals surface area contributed by atoms with E-state index in [0.29, 0.717) is 21.8 Å². The fraction of sp³-hybridized carbons (Fsp3) is 0.133. The number of benzene rings is 2. The Morgan fingerprint density at radius 3 is 2.55 bits per heavy atom. The van der Waals surface area contributed by atoms with Crippen molar-refractivity contribution in [2.24, 2.45) is 0 Å². The molecule has 0 aliphatic heterocycles. The molecule has 0 aromatic heterocycles. The number of carbonyl (C=O) groups excluding carboxylic acids is 1. The van der Waals surface area contributed by atoms with Gasteiger partial charge in [0.1, 0.15) is 5.75 Å². The van der Waals surface area contributed by atoms with Gasteiger partial charge in [-0.15, -0.1) is 0 Å². The standard InChI is InChI=1S/C15H13ClINO2/c1-8-6-14(19)9(2)5-13(8)18-15(20)10-3-4-12(17)11(16)7-10/h3-7,19H,1-2H3,(H,18,20). The molecule has 5 heteroatoms. The molecular weight excluding hydrogens is 389 g/mol. The summed E-state index contributed by atoms with van der Waals surface area (Å²) in [5, 5.41) is 13.0. The van der Waals surface area contributed by atoms with Crippen LogP contribution < -0.4 is 5.32 Å². The number of halogens is 2. The van der Waals surface area contributed by atoms with Gasteiger partial charge < -0.3 is 10.4 Å². The van der Waals surface area contributed by atoms with Crippen molar-refractivity contribution in [1.82, 2.24) is 0 Å². The lowest BCUT2D eigenvalue weighted by atomic mass is 10.1. The summed E-state index contributed by atoms with van der Waals surface area (Å²) in [4.78, 5) is 12.2. The highest BCUT2D eigenvalue weighted by Crippen LogP contribution is 2.26. The summed E-state index contributed by atoms with van der Waals surface area (Å²) in [7, 11) is 0. The molecule has 0 radical (unpaired) electrons. The Hall–Kier alpha value is -1.27. The zero-order valence-corrected chi connectivity index (χ0v) is 13.9. The molecule has 0 bridgehead atoms. The third-order valence-corrected chi connectivity index (χ3v) is 4.55. The van der Waals surface area contributed by atoms with Crippen LogP contribution >= 0.6 is 34.2 Å². The molecule has 0 atom stereocenters. The second-order valence-corrected chi connectivity index (χ2v) is 6.11. The van der Waals surface area contributed by atoms with Crippen LogP contribution in [0.2, 0.25) is 5.02 Å². The monoisotopic (exact) mass is 401 g/mol. The van der Waals surface area contributed by atoms with Crippen LogP contribution in [0.1, 0.15) is 21.5 Å². The Balaban J connectivity index is 2.27. The second kappa shape index (κ2) is 6.01. The first kappa shape index (κ1) is 15.1. The van der Waals surface area contributed by atoms with Gasteiger partial charge in [0.25, 0.3) is 5.91 Å². The van der Waals surface area contributed by atoms with Gasteiger partial charge in [0.05, 0.1) is 5.02 Å². The number of carbonyl (C=O) groups is 1. The molecule has 0 aliphatic rings. The molecule has 20 heavy (non-hydrogen) atoms. The van der Waals surface area contributed by atoms with Crippen molar-refractivity contribution in [3.05, 3.63) is 55.6 Å². The maximum atomic E-state index is 12.2. The Bertz CT molecular complexity index is 686. The minimum absolute atomic E-state index is 0.220. The summed E-state index contributed by atoms with van der Waals surface area (Å²) < 4.78 is 0.900. The molecule has 2 N–H and O–H groups in total. The van der Waals surface area contributed by atoms with E-state index in [1.54, 1.807) is 37.3 Å². The molecule has 1 amide bonds. The number of rotatable bonds is 2. The summed E-state index contributed by atoms with van der Waals surface area (Å²) in [5.41, 5.74) is 2.70. The first-order chi connectivity index (χ1) is 9.38. The minimum Gasteiger partial charge on any atom is -0.508 e. The minimum atomic E-state index is -0.225. The van der Waals surface area contributed by atoms with Crippen LogP contribution in [0, 0.1) is 17.4 Å². The predicted molar refractivity (Wildman–Crippen MR) is 89.7 cm³/mol. The third kappa shape index (κ3) is 3.24. The molecule has 0 saturated heterocycles. The van der Waals surface area contributed by atoms with Crippen molar-refractivity contribution in [2.45, 2.75) is 13.8 Å². The van der Waals surface area contributed by atoms with Gasteiger partial charge in [-0.1, -0.05) is 11.6 Å². The van der Waals surface area contributed by atoms with Crippen molar-refractivity contribution < 1.29 is 9.90 Å². The van der Waals surface area contributed by atoms with Gasteiger partial charge >= 0.3 is 0 Å². The largest absolute Gasteiger partial charge is 0.508 e. The first-order valence-corrected chi connectivity index (χ1v) is 7.41. The number of hydrogen-bond donors (Lipinski definition) is 2. The summed E-state index contributed by atoms with van der Waals surface area (Å²) >= 11 is 8.13. The van der Waals surface area contributed by atoms with Crippen LogP contribution in [-0.4, -0.2) is 11.0 Å². The van der Waals surface area contributed by atoms with E-state index < -0.39 is 0 Å². The summed E-state index contributed by atoms with van der Waals surface area (Å²) in [6, 6.07) is 8.54. The zero-order chi connectivity index (χ0) is 14.9. The van der Waals surface area contributed by atoms with E-state index in [4.69, 9.17) is 11.6 Å². The maximum Gasteiger partial charge on any atom is 0.255 e. The number of phenols is 1. The number of aryl methyl sites for hydroxylation is 2. The van der Waals surface area contributed by atoms with Gasteiger partial charge in [0.15, 0.2) is 0 Å². The Kier molecular flexibility index (Phi) is 4.55. The number of anilines is 1. The quantitative estimate of drug-likeness (QED) is 0.574. The van der Waals surface area contributed by atoms with E-state index in [2.05, 4.69) is 27.9 Å². The number of hydrogen-bond acceptors (Lipinski definition) is 2. The fourth-order valence-corrected chi connectivity index (χ4v) is 2.28. The third-order valence-electron chi connectivity index (χ3n) is 2.97. The smallest absolute Gasteiger partial charge is 0.255 e. The molecule has 0 spiro atoms. The fourth-order valence-electron chi connectivity index (χ4n) is 1.77. The molecule has 3 nitrogen and oxygen atoms in total. The maximum absolute atomic E-state index is 12.2. The zero-order valence-electron chi connectivity index (χ0n) is 11.0. The molecule has 0 aliphatic carbocycles. The highest BCUT2D eigenvalue weighted by Gasteiger charge is 2.11. The van der Waals surface area contributed by atoms with E-state index in [9.17, 15) is 9.90 Å². The summed E-state index contributed by atoms with van der Waals surface area (Å²) in [6.07, 6.45) is 0. The van der Waals surface area contributed by atoms with Crippen molar-refractivity contribution in [1.29, 1.82) is 0 Å². The highest BCUT2D eigenvalue weighted by molar-refractivity contribution is 14.1. The van der Waals surface area contributed by atoms with Gasteiger partial charge in [0.2, 0.25) is 0 Å². The molecule has 0 heterocycles. The molecule has 0 saturated carbocycles. The topological polar surface area (TPSA) is 49.3 Å². The van der Waals surface area contributed by atoms with Crippen molar-refractivity contribution in [2.75, 3.05) is 5.32 Å². The van der Waals surface area contributed by atoms with Crippen LogP contribution in [0.25, 0.3) is 0 Å². The van der Waals surface area contributed by atoms with Gasteiger partial charge in [0, 0.05) is 14.8 Å². The van der Waals surface area contributed by atoms with Gasteiger partial charge in [-0.25, -0.2) is 0 Å². The first-order valence-electron chi connectivity index (χ1n) is 5.95. The Labute approximate surface area is 136 Å². The van der Waals surface area contributed by atoms with E-state index in [0.717, 1.165) is 9.13 Å². The number of phenolic OH excluding ortho intramolecular Hbond substituents is 1. The van der Waals surface area contributed by atoms with E-state index in [-0.39, 0.29) is 11.7 Å². The Morgan fingerprint density at radius 2 is 1.90 bits per heavy atom. The van der Waals surface area contributed by atoms with Crippen molar-refractivity contribution in [3.63, 3.8) is 0 Å². The molecule has 2 aromatic carbocycles. The van der Waals surface area contributed by atoms with Gasteiger partial charge in [-0.05, 0) is 77.9 Å². The van der Waals surface area contributed by atoms with Gasteiger partial charge in [-0.3, -0.25) is 4.79 Å². The van der Waals surface area contributed by atoms with Crippen LogP contribution in [-0.2, 0) is 0 Å². The molecule has 2 rings (SSSR count). The van der Waals surface area contributed by atoms with Gasteiger partial charge in [-0.2, -0.15) is 0 Å². The molecule has 0 fully saturated rings. The number of aromatic hydroxyl groups is 1. The van der Waals surface area contributed by atoms with E-state index in [1.165, 1.54) is 0 Å². The van der Waals surface area contributed by atoms with E-state index >= 15 is 0 Å². The summed E-state index contributed by atoms with van der Waals surface area (Å²) in [6.45, 7) is 3.61. The van der Waals surface area contributed by atoms with Crippen LogP contribution in [0.3, 0.4) is 0 Å². The van der Waals surface area contributed by atoms with Crippen molar-refractivity contribution in [3.8, 4) is 5.75 Å². The Morgan fingerprint density at radius 1 is 1.20 bits per heavy atom. The lowest BCUT2D eigenvalue weighted by Gasteiger charge is -2.11. The molecule has 0 unspecified atom stereocenters. The van der Waals surface area contributed by atoms with E-state index in [1.807, 2.05) is 6.92 Å². The van der Waals surface area contributed by atoms with Crippen LogP contribution in [0.5, 0.6) is 5.75 Å². The summed E-state index contributed by atoms with van der Waals surface area (Å²) in [5.74, 6) is -0.00528. The molecular formula is C15H13ClINO2. The lowest BCUT2D eigenvalue weighted by molar-refractivity contribution is 0.102. The predicted octanol–water partition coefficient (Wildman–Crippen LogP) is 4.52. The van der Waals surface area contributed by atoms with Crippen molar-refractivity contribution >= 4 is 45.8 Å². The average Bonchev–Trinajstić information content (AvgIpc) is 2.39. The highest BCUT2D eigenvalue weighted by atomic mass is 127. The van der Waals surface area contributed by atoms with Crippen LogP contribution in [0.15, 0.2) is 30.3 Å². The normalized spacial score (nSPS) is 10.4. The van der Waals surface area contributed by atoms with Crippen LogP contribution in [0.4, 0.5) is 5.69 Å². The number of nitrogens with one attached hydrogen (secondary N) is 1.